The predicted molar refractivity (Wildman–Crippen MR) is 78.5 cm³/mol. The summed E-state index contributed by atoms with van der Waals surface area (Å²) in [6, 6.07) is 8.14. The van der Waals surface area contributed by atoms with E-state index in [2.05, 4.69) is 17.4 Å². The molecule has 1 unspecified atom stereocenters. The standard InChI is InChI=1S/C15H21NO2S/c1-19-14-7-5-12(6-8-14)10-15(17)16-11-13-4-2-3-9-18-13/h5-8,13H,2-4,9-11H2,1H3,(H,16,17). The molecule has 1 aliphatic rings. The first-order valence-corrected chi connectivity index (χ1v) is 8.01. The van der Waals surface area contributed by atoms with E-state index in [4.69, 9.17) is 4.74 Å². The fourth-order valence-corrected chi connectivity index (χ4v) is 2.60. The molecule has 1 aromatic carbocycles. The Morgan fingerprint density at radius 3 is 2.79 bits per heavy atom. The molecule has 1 N–H and O–H groups in total. The van der Waals surface area contributed by atoms with Gasteiger partial charge in [-0.15, -0.1) is 11.8 Å². The van der Waals surface area contributed by atoms with Crippen molar-refractivity contribution >= 4 is 17.7 Å². The summed E-state index contributed by atoms with van der Waals surface area (Å²) >= 11 is 1.71. The predicted octanol–water partition coefficient (Wildman–Crippen LogP) is 2.64. The Morgan fingerprint density at radius 1 is 1.37 bits per heavy atom. The fraction of sp³-hybridized carbons (Fsp3) is 0.533. The van der Waals surface area contributed by atoms with E-state index in [0.717, 1.165) is 25.0 Å². The highest BCUT2D eigenvalue weighted by Gasteiger charge is 2.14. The maximum atomic E-state index is 11.8. The summed E-state index contributed by atoms with van der Waals surface area (Å²) in [6.45, 7) is 1.47. The lowest BCUT2D eigenvalue weighted by Crippen LogP contribution is -2.36. The minimum atomic E-state index is 0.0751. The highest BCUT2D eigenvalue weighted by atomic mass is 32.2. The molecule has 1 aromatic rings. The molecule has 1 atom stereocenters. The van der Waals surface area contributed by atoms with E-state index in [1.54, 1.807) is 11.8 Å². The van der Waals surface area contributed by atoms with Crippen LogP contribution in [0.25, 0.3) is 0 Å². The first-order chi connectivity index (χ1) is 9.28. The molecule has 1 heterocycles. The lowest BCUT2D eigenvalue weighted by molar-refractivity contribution is -0.121. The third-order valence-corrected chi connectivity index (χ3v) is 4.07. The molecule has 0 radical (unpaired) electrons. The number of thioether (sulfide) groups is 1. The average Bonchev–Trinajstić information content (AvgIpc) is 2.47. The zero-order valence-corrected chi connectivity index (χ0v) is 12.2. The van der Waals surface area contributed by atoms with Crippen molar-refractivity contribution in [3.8, 4) is 0 Å². The van der Waals surface area contributed by atoms with Crippen LogP contribution in [0.3, 0.4) is 0 Å². The molecule has 19 heavy (non-hydrogen) atoms. The van der Waals surface area contributed by atoms with Gasteiger partial charge in [-0.05, 0) is 43.2 Å². The van der Waals surface area contributed by atoms with Gasteiger partial charge in [-0.1, -0.05) is 12.1 Å². The number of rotatable bonds is 5. The van der Waals surface area contributed by atoms with Crippen molar-refractivity contribution in [1.82, 2.24) is 5.32 Å². The second-order valence-corrected chi connectivity index (χ2v) is 5.70. The SMILES string of the molecule is CSc1ccc(CC(=O)NCC2CCCCO2)cc1. The lowest BCUT2D eigenvalue weighted by Gasteiger charge is -2.22. The van der Waals surface area contributed by atoms with E-state index < -0.39 is 0 Å². The number of ether oxygens (including phenoxy) is 1. The van der Waals surface area contributed by atoms with E-state index in [9.17, 15) is 4.79 Å². The van der Waals surface area contributed by atoms with Crippen molar-refractivity contribution < 1.29 is 9.53 Å². The van der Waals surface area contributed by atoms with Crippen LogP contribution in [0.1, 0.15) is 24.8 Å². The molecule has 4 heteroatoms. The van der Waals surface area contributed by atoms with Gasteiger partial charge >= 0.3 is 0 Å². The van der Waals surface area contributed by atoms with Crippen molar-refractivity contribution in [1.29, 1.82) is 0 Å². The van der Waals surface area contributed by atoms with E-state index in [0.29, 0.717) is 13.0 Å². The van der Waals surface area contributed by atoms with Crippen molar-refractivity contribution in [3.63, 3.8) is 0 Å². The normalized spacial score (nSPS) is 19.1. The van der Waals surface area contributed by atoms with Gasteiger partial charge in [0, 0.05) is 18.0 Å². The lowest BCUT2D eigenvalue weighted by atomic mass is 10.1. The Kier molecular flexibility index (Phi) is 5.73. The largest absolute Gasteiger partial charge is 0.376 e. The molecule has 1 aliphatic heterocycles. The third kappa shape index (κ3) is 4.88. The molecule has 3 nitrogen and oxygen atoms in total. The Labute approximate surface area is 119 Å². The zero-order chi connectivity index (χ0) is 13.5. The molecular weight excluding hydrogens is 258 g/mol. The summed E-state index contributed by atoms with van der Waals surface area (Å²) in [5, 5.41) is 2.96. The molecular formula is C15H21NO2S. The van der Waals surface area contributed by atoms with Gasteiger partial charge in [0.25, 0.3) is 0 Å². The van der Waals surface area contributed by atoms with Gasteiger partial charge in [-0.2, -0.15) is 0 Å². The number of carbonyl (C=O) groups is 1. The smallest absolute Gasteiger partial charge is 0.224 e. The maximum absolute atomic E-state index is 11.8. The van der Waals surface area contributed by atoms with E-state index in [-0.39, 0.29) is 12.0 Å². The summed E-state index contributed by atoms with van der Waals surface area (Å²) in [7, 11) is 0. The molecule has 0 aromatic heterocycles. The first kappa shape index (κ1) is 14.4. The van der Waals surface area contributed by atoms with Gasteiger partial charge in [-0.25, -0.2) is 0 Å². The molecule has 0 saturated carbocycles. The minimum Gasteiger partial charge on any atom is -0.376 e. The van der Waals surface area contributed by atoms with Crippen molar-refractivity contribution in [2.24, 2.45) is 0 Å². The van der Waals surface area contributed by atoms with Gasteiger partial charge in [0.15, 0.2) is 0 Å². The quantitative estimate of drug-likeness (QED) is 0.842. The number of amides is 1. The summed E-state index contributed by atoms with van der Waals surface area (Å²) in [5.41, 5.74) is 1.06. The number of benzene rings is 1. The first-order valence-electron chi connectivity index (χ1n) is 6.79. The summed E-state index contributed by atoms with van der Waals surface area (Å²) < 4.78 is 5.59. The van der Waals surface area contributed by atoms with Crippen LogP contribution in [0.15, 0.2) is 29.2 Å². The molecule has 0 spiro atoms. The number of hydrogen-bond donors (Lipinski definition) is 1. The molecule has 1 amide bonds. The van der Waals surface area contributed by atoms with Crippen LogP contribution < -0.4 is 5.32 Å². The second kappa shape index (κ2) is 7.56. The molecule has 2 rings (SSSR count). The topological polar surface area (TPSA) is 38.3 Å². The van der Waals surface area contributed by atoms with Crippen molar-refractivity contribution in [3.05, 3.63) is 29.8 Å². The molecule has 1 fully saturated rings. The number of hydrogen-bond acceptors (Lipinski definition) is 3. The Morgan fingerprint density at radius 2 is 2.16 bits per heavy atom. The third-order valence-electron chi connectivity index (χ3n) is 3.32. The number of nitrogens with one attached hydrogen (secondary N) is 1. The van der Waals surface area contributed by atoms with Crippen LogP contribution in [0.2, 0.25) is 0 Å². The van der Waals surface area contributed by atoms with E-state index >= 15 is 0 Å². The molecule has 1 saturated heterocycles. The van der Waals surface area contributed by atoms with Gasteiger partial charge < -0.3 is 10.1 Å². The number of carbonyl (C=O) groups excluding carboxylic acids is 1. The van der Waals surface area contributed by atoms with Crippen LogP contribution in [0.5, 0.6) is 0 Å². The average molecular weight is 279 g/mol. The molecule has 104 valence electrons. The van der Waals surface area contributed by atoms with Crippen LogP contribution in [-0.2, 0) is 16.0 Å². The highest BCUT2D eigenvalue weighted by molar-refractivity contribution is 7.98. The van der Waals surface area contributed by atoms with Gasteiger partial charge in [0.2, 0.25) is 5.91 Å². The molecule has 0 aliphatic carbocycles. The van der Waals surface area contributed by atoms with Crippen molar-refractivity contribution in [2.75, 3.05) is 19.4 Å². The van der Waals surface area contributed by atoms with Crippen LogP contribution >= 0.6 is 11.8 Å². The maximum Gasteiger partial charge on any atom is 0.224 e. The van der Waals surface area contributed by atoms with Gasteiger partial charge in [0.05, 0.1) is 12.5 Å². The second-order valence-electron chi connectivity index (χ2n) is 4.82. The van der Waals surface area contributed by atoms with E-state index in [1.807, 2.05) is 18.4 Å². The summed E-state index contributed by atoms with van der Waals surface area (Å²) in [4.78, 5) is 13.1. The Hall–Kier alpha value is -1.00. The zero-order valence-electron chi connectivity index (χ0n) is 11.4. The van der Waals surface area contributed by atoms with Gasteiger partial charge in [0.1, 0.15) is 0 Å². The molecule has 0 bridgehead atoms. The van der Waals surface area contributed by atoms with Crippen LogP contribution in [-0.4, -0.2) is 31.4 Å². The minimum absolute atomic E-state index is 0.0751. The summed E-state index contributed by atoms with van der Waals surface area (Å²) in [6.07, 6.45) is 6.11. The highest BCUT2D eigenvalue weighted by Crippen LogP contribution is 2.15. The van der Waals surface area contributed by atoms with Crippen LogP contribution in [0.4, 0.5) is 0 Å². The van der Waals surface area contributed by atoms with Crippen LogP contribution in [0, 0.1) is 0 Å². The monoisotopic (exact) mass is 279 g/mol. The van der Waals surface area contributed by atoms with Gasteiger partial charge in [-0.3, -0.25) is 4.79 Å². The fourth-order valence-electron chi connectivity index (χ4n) is 2.19. The Bertz CT molecular complexity index is 399. The van der Waals surface area contributed by atoms with E-state index in [1.165, 1.54) is 11.3 Å². The Balaban J connectivity index is 1.73. The van der Waals surface area contributed by atoms with Crippen molar-refractivity contribution in [2.45, 2.75) is 36.7 Å². The summed E-state index contributed by atoms with van der Waals surface area (Å²) in [5.74, 6) is 0.0751.